The number of hydrogen-bond acceptors (Lipinski definition) is 0. The van der Waals surface area contributed by atoms with Crippen LogP contribution < -0.4 is 0 Å². The van der Waals surface area contributed by atoms with Crippen LogP contribution >= 0.6 is 17.0 Å². The quantitative estimate of drug-likeness (QED) is 0.249. The minimum atomic E-state index is -0.826. The van der Waals surface area contributed by atoms with Crippen LogP contribution in [0.1, 0.15) is 30.9 Å². The van der Waals surface area contributed by atoms with Gasteiger partial charge in [-0.1, -0.05) is 91.7 Å². The summed E-state index contributed by atoms with van der Waals surface area (Å²) >= 11 is -0.826. The summed E-state index contributed by atoms with van der Waals surface area (Å²) < 4.78 is 0. The third kappa shape index (κ3) is 4.24. The van der Waals surface area contributed by atoms with Gasteiger partial charge >= 0.3 is 37.9 Å². The van der Waals surface area contributed by atoms with Crippen LogP contribution in [0.2, 0.25) is 0 Å². The number of benzene rings is 4. The first kappa shape index (κ1) is 20.9. The monoisotopic (exact) mass is 493 g/mol. The molecule has 0 nitrogen and oxygen atoms in total. The summed E-state index contributed by atoms with van der Waals surface area (Å²) in [5.74, 6) is 0. The van der Waals surface area contributed by atoms with Gasteiger partial charge in [0, 0.05) is 6.42 Å². The number of allylic oxidation sites excluding steroid dienone is 1. The molecular formula is C26H21Cl2Zr. The first-order valence-electron chi connectivity index (χ1n) is 9.82. The van der Waals surface area contributed by atoms with Crippen LogP contribution in [0, 0.1) is 6.42 Å². The molecule has 5 rings (SSSR count). The molecule has 1 radical (unpaired) electrons. The van der Waals surface area contributed by atoms with E-state index < -0.39 is 20.8 Å². The van der Waals surface area contributed by atoms with Crippen LogP contribution in [0.3, 0.4) is 0 Å². The molecule has 29 heavy (non-hydrogen) atoms. The van der Waals surface area contributed by atoms with Crippen molar-refractivity contribution in [2.45, 2.75) is 19.8 Å². The Labute approximate surface area is 191 Å². The van der Waals surface area contributed by atoms with Crippen molar-refractivity contribution in [2.24, 2.45) is 0 Å². The third-order valence-electron chi connectivity index (χ3n) is 5.39. The van der Waals surface area contributed by atoms with Crippen molar-refractivity contribution in [3.8, 4) is 11.1 Å². The van der Waals surface area contributed by atoms with Gasteiger partial charge in [-0.05, 0) is 56.3 Å². The summed E-state index contributed by atoms with van der Waals surface area (Å²) in [6.07, 6.45) is 7.08. The van der Waals surface area contributed by atoms with Crippen molar-refractivity contribution in [2.75, 3.05) is 0 Å². The molecule has 0 fully saturated rings. The molecule has 1 aliphatic carbocycles. The number of fused-ring (bicyclic) bond motifs is 3. The molecule has 0 unspecified atom stereocenters. The van der Waals surface area contributed by atoms with E-state index in [1.165, 1.54) is 55.8 Å². The Balaban J connectivity index is 0.000000645. The van der Waals surface area contributed by atoms with Crippen LogP contribution in [0.15, 0.2) is 78.4 Å². The molecule has 0 saturated heterocycles. The SMILES string of the molecule is CCCC1=Cc2c(cccc2-c2c3ccccc3cc3ccccc23)[CH]1.[Cl][Zr][Cl]. The standard InChI is InChI=1S/C26H21.2ClH.Zr/c1-2-8-18-15-19-11-7-14-24(25(19)16-18)26-22-12-5-3-9-20(22)17-21-10-4-6-13-23(21)26;;;/h3-7,9-17H,2,8H2,1H3;2*1H;/q;;;+2/p-2. The molecule has 143 valence electrons. The van der Waals surface area contributed by atoms with Crippen LogP contribution in [-0.2, 0) is 20.8 Å². The van der Waals surface area contributed by atoms with Gasteiger partial charge in [-0.2, -0.15) is 0 Å². The fourth-order valence-corrected chi connectivity index (χ4v) is 4.25. The van der Waals surface area contributed by atoms with E-state index >= 15 is 0 Å². The summed E-state index contributed by atoms with van der Waals surface area (Å²) in [6, 6.07) is 26.5. The summed E-state index contributed by atoms with van der Waals surface area (Å²) in [4.78, 5) is 0. The topological polar surface area (TPSA) is 0 Å². The summed E-state index contributed by atoms with van der Waals surface area (Å²) in [6.45, 7) is 2.25. The van der Waals surface area contributed by atoms with E-state index in [2.05, 4.69) is 92.2 Å². The molecule has 0 aliphatic heterocycles. The van der Waals surface area contributed by atoms with Gasteiger partial charge < -0.3 is 0 Å². The molecule has 0 saturated carbocycles. The van der Waals surface area contributed by atoms with Gasteiger partial charge in [-0.3, -0.25) is 0 Å². The molecule has 4 aromatic rings. The van der Waals surface area contributed by atoms with Crippen molar-refractivity contribution in [3.63, 3.8) is 0 Å². The van der Waals surface area contributed by atoms with E-state index in [0.29, 0.717) is 0 Å². The molecule has 0 atom stereocenters. The molecule has 1 aliphatic rings. The fourth-order valence-electron chi connectivity index (χ4n) is 4.25. The molecule has 0 spiro atoms. The van der Waals surface area contributed by atoms with Crippen molar-refractivity contribution in [1.82, 2.24) is 0 Å². The van der Waals surface area contributed by atoms with Gasteiger partial charge in [0.25, 0.3) is 0 Å². The summed E-state index contributed by atoms with van der Waals surface area (Å²) in [7, 11) is 9.87. The number of rotatable bonds is 3. The molecule has 0 amide bonds. The number of halogens is 2. The Morgan fingerprint density at radius 2 is 1.41 bits per heavy atom. The Hall–Kier alpha value is -1.40. The zero-order chi connectivity index (χ0) is 20.2. The normalized spacial score (nSPS) is 12.3. The molecule has 0 bridgehead atoms. The van der Waals surface area contributed by atoms with Crippen LogP contribution in [-0.4, -0.2) is 0 Å². The fraction of sp³-hybridized carbons (Fsp3) is 0.115. The molecule has 4 aromatic carbocycles. The van der Waals surface area contributed by atoms with Crippen LogP contribution in [0.5, 0.6) is 0 Å². The second-order valence-corrected chi connectivity index (χ2v) is 10.9. The molecular weight excluding hydrogens is 474 g/mol. The Morgan fingerprint density at radius 3 is 2.03 bits per heavy atom. The van der Waals surface area contributed by atoms with E-state index in [-0.39, 0.29) is 0 Å². The zero-order valence-corrected chi connectivity index (χ0v) is 20.2. The van der Waals surface area contributed by atoms with Crippen molar-refractivity contribution < 1.29 is 20.8 Å². The van der Waals surface area contributed by atoms with Gasteiger partial charge in [0.2, 0.25) is 0 Å². The van der Waals surface area contributed by atoms with Crippen LogP contribution in [0.4, 0.5) is 0 Å². The third-order valence-corrected chi connectivity index (χ3v) is 5.39. The Bertz CT molecular complexity index is 1140. The molecule has 0 aromatic heterocycles. The van der Waals surface area contributed by atoms with E-state index in [1.807, 2.05) is 0 Å². The first-order chi connectivity index (χ1) is 14.3. The maximum atomic E-state index is 4.93. The van der Waals surface area contributed by atoms with Crippen molar-refractivity contribution in [1.29, 1.82) is 0 Å². The van der Waals surface area contributed by atoms with Gasteiger partial charge in [0.1, 0.15) is 0 Å². The molecule has 3 heteroatoms. The van der Waals surface area contributed by atoms with Crippen LogP contribution in [0.25, 0.3) is 38.7 Å². The van der Waals surface area contributed by atoms with Gasteiger partial charge in [-0.15, -0.1) is 0 Å². The molecule has 0 N–H and O–H groups in total. The Morgan fingerprint density at radius 1 is 0.793 bits per heavy atom. The minimum absolute atomic E-state index is 0.826. The van der Waals surface area contributed by atoms with Crippen molar-refractivity contribution >= 4 is 44.6 Å². The van der Waals surface area contributed by atoms with Gasteiger partial charge in [-0.25, -0.2) is 0 Å². The Kier molecular flexibility index (Phi) is 6.91. The zero-order valence-electron chi connectivity index (χ0n) is 16.3. The van der Waals surface area contributed by atoms with E-state index in [9.17, 15) is 0 Å². The first-order valence-corrected chi connectivity index (χ1v) is 16.1. The predicted octanol–water partition coefficient (Wildman–Crippen LogP) is 8.79. The van der Waals surface area contributed by atoms with E-state index in [4.69, 9.17) is 17.0 Å². The number of hydrogen-bond donors (Lipinski definition) is 0. The maximum absolute atomic E-state index is 4.93. The van der Waals surface area contributed by atoms with Gasteiger partial charge in [0.15, 0.2) is 0 Å². The van der Waals surface area contributed by atoms with Crippen molar-refractivity contribution in [3.05, 3.63) is 95.9 Å². The van der Waals surface area contributed by atoms with E-state index in [0.717, 1.165) is 6.42 Å². The summed E-state index contributed by atoms with van der Waals surface area (Å²) in [5, 5.41) is 5.27. The average molecular weight is 496 g/mol. The molecule has 0 heterocycles. The average Bonchev–Trinajstić information content (AvgIpc) is 3.16. The predicted molar refractivity (Wildman–Crippen MR) is 125 cm³/mol. The second kappa shape index (κ2) is 9.61. The van der Waals surface area contributed by atoms with E-state index in [1.54, 1.807) is 0 Å². The van der Waals surface area contributed by atoms with Gasteiger partial charge in [0.05, 0.1) is 0 Å². The summed E-state index contributed by atoms with van der Waals surface area (Å²) in [5.41, 5.74) is 6.87. The second-order valence-electron chi connectivity index (χ2n) is 7.19.